The number of aromatic amines is 1. The zero-order valence-electron chi connectivity index (χ0n) is 20.7. The monoisotopic (exact) mass is 535 g/mol. The van der Waals surface area contributed by atoms with Gasteiger partial charge in [-0.25, -0.2) is 8.78 Å². The van der Waals surface area contributed by atoms with Crippen LogP contribution in [0.25, 0.3) is 0 Å². The van der Waals surface area contributed by atoms with Gasteiger partial charge in [0, 0.05) is 31.6 Å². The van der Waals surface area contributed by atoms with Gasteiger partial charge in [-0.05, 0) is 44.9 Å². The Hall–Kier alpha value is -3.09. The summed E-state index contributed by atoms with van der Waals surface area (Å²) in [4.78, 5) is 30.5. The Balaban J connectivity index is 1.82. The second-order valence-corrected chi connectivity index (χ2v) is 10.1. The maximum absolute atomic E-state index is 13.9. The van der Waals surface area contributed by atoms with Crippen molar-refractivity contribution in [2.45, 2.75) is 57.2 Å². The van der Waals surface area contributed by atoms with Gasteiger partial charge in [0.1, 0.15) is 16.7 Å². The minimum absolute atomic E-state index is 0.0613. The number of aromatic nitrogens is 1. The predicted octanol–water partition coefficient (Wildman–Crippen LogP) is 3.34. The van der Waals surface area contributed by atoms with Gasteiger partial charge in [0.05, 0.1) is 22.4 Å². The van der Waals surface area contributed by atoms with Crippen LogP contribution >= 0.6 is 11.8 Å². The zero-order chi connectivity index (χ0) is 27.3. The molecule has 2 aromatic rings. The third-order valence-electron chi connectivity index (χ3n) is 6.60. The average Bonchev–Trinajstić information content (AvgIpc) is 3.04. The second kappa shape index (κ2) is 12.0. The summed E-state index contributed by atoms with van der Waals surface area (Å²) in [5.41, 5.74) is -2.37. The molecule has 1 fully saturated rings. The van der Waals surface area contributed by atoms with Gasteiger partial charge in [-0.15, -0.1) is 0 Å². The molecule has 1 amide bonds. The average molecular weight is 536 g/mol. The van der Waals surface area contributed by atoms with Crippen molar-refractivity contribution in [2.24, 2.45) is 0 Å². The largest absolute Gasteiger partial charge is 0.503 e. The van der Waals surface area contributed by atoms with E-state index in [2.05, 4.69) is 10.3 Å². The number of aromatic hydroxyl groups is 1. The number of thioether (sulfide) groups is 1. The minimum atomic E-state index is -0.962. The van der Waals surface area contributed by atoms with Crippen molar-refractivity contribution >= 4 is 27.8 Å². The number of carbonyl (C=O) groups excluding carboxylic acids is 1. The van der Waals surface area contributed by atoms with E-state index in [1.807, 2.05) is 0 Å². The molecule has 0 radical (unpaired) electrons. The molecule has 1 aromatic heterocycles. The third kappa shape index (κ3) is 6.25. The quantitative estimate of drug-likeness (QED) is 0.138. The van der Waals surface area contributed by atoms with E-state index in [1.165, 1.54) is 11.0 Å². The second-order valence-electron chi connectivity index (χ2n) is 8.96. The maximum atomic E-state index is 13.9. The van der Waals surface area contributed by atoms with Gasteiger partial charge in [0.25, 0.3) is 5.91 Å². The number of nitrogens with zero attached hydrogens (tertiary/aromatic N) is 1. The van der Waals surface area contributed by atoms with Crippen molar-refractivity contribution in [3.8, 4) is 5.75 Å². The van der Waals surface area contributed by atoms with Gasteiger partial charge >= 0.3 is 0 Å². The number of H-pyrrole nitrogens is 1. The van der Waals surface area contributed by atoms with E-state index in [0.29, 0.717) is 37.1 Å². The summed E-state index contributed by atoms with van der Waals surface area (Å²) >= 11 is 0.579. The van der Waals surface area contributed by atoms with Crippen LogP contribution in [-0.4, -0.2) is 61.5 Å². The molecule has 6 N–H and O–H groups in total. The molecule has 0 bridgehead atoms. The zero-order valence-corrected chi connectivity index (χ0v) is 21.5. The van der Waals surface area contributed by atoms with E-state index < -0.39 is 40.5 Å². The summed E-state index contributed by atoms with van der Waals surface area (Å²) in [6.45, 7) is 2.01. The summed E-state index contributed by atoms with van der Waals surface area (Å²) in [7, 11) is 1.70. The number of carbonyl (C=O) groups is 1. The number of aliphatic hydroxyl groups excluding tert-OH is 1. The molecule has 12 heteroatoms. The van der Waals surface area contributed by atoms with Crippen LogP contribution in [0, 0.1) is 22.5 Å². The van der Waals surface area contributed by atoms with Crippen LogP contribution in [0.1, 0.15) is 60.6 Å². The van der Waals surface area contributed by atoms with Gasteiger partial charge in [0.15, 0.2) is 11.4 Å². The number of hydrogen-bond acceptors (Lipinski definition) is 8. The molecular formula is C25H31F2N5O4S. The van der Waals surface area contributed by atoms with Crippen LogP contribution in [0.3, 0.4) is 0 Å². The van der Waals surface area contributed by atoms with Crippen molar-refractivity contribution in [1.29, 1.82) is 10.8 Å². The first-order valence-corrected chi connectivity index (χ1v) is 12.8. The fourth-order valence-corrected chi connectivity index (χ4v) is 5.41. The molecule has 1 saturated carbocycles. The van der Waals surface area contributed by atoms with Crippen LogP contribution in [0.5, 0.6) is 5.75 Å². The highest BCUT2D eigenvalue weighted by Gasteiger charge is 2.41. The number of amides is 1. The summed E-state index contributed by atoms with van der Waals surface area (Å²) in [5, 5.41) is 39.9. The lowest BCUT2D eigenvalue weighted by Gasteiger charge is -2.44. The van der Waals surface area contributed by atoms with Crippen molar-refractivity contribution in [3.63, 3.8) is 0 Å². The van der Waals surface area contributed by atoms with Crippen molar-refractivity contribution in [3.05, 3.63) is 63.1 Å². The third-order valence-corrected chi connectivity index (χ3v) is 7.42. The lowest BCUT2D eigenvalue weighted by molar-refractivity contribution is 0.0137. The Morgan fingerprint density at radius 3 is 2.70 bits per heavy atom. The van der Waals surface area contributed by atoms with Crippen LogP contribution in [0.2, 0.25) is 0 Å². The lowest BCUT2D eigenvalue weighted by atomic mass is 9.96. The number of nitrogens with one attached hydrogen (secondary N) is 4. The minimum Gasteiger partial charge on any atom is -0.503 e. The molecule has 1 aromatic carbocycles. The molecule has 200 valence electrons. The summed E-state index contributed by atoms with van der Waals surface area (Å²) in [5.74, 6) is -3.06. The molecule has 3 rings (SSSR count). The van der Waals surface area contributed by atoms with Gasteiger partial charge in [-0.3, -0.25) is 25.7 Å². The molecule has 1 aliphatic carbocycles. The number of benzene rings is 1. The maximum Gasteiger partial charge on any atom is 0.275 e. The van der Waals surface area contributed by atoms with Gasteiger partial charge in [0.2, 0.25) is 5.43 Å². The van der Waals surface area contributed by atoms with Crippen LogP contribution in [-0.2, 0) is 6.42 Å². The molecule has 0 spiro atoms. The smallest absolute Gasteiger partial charge is 0.275 e. The van der Waals surface area contributed by atoms with Crippen LogP contribution < -0.4 is 10.7 Å². The number of rotatable bonds is 7. The molecule has 1 aliphatic rings. The van der Waals surface area contributed by atoms with Crippen molar-refractivity contribution < 1.29 is 23.8 Å². The van der Waals surface area contributed by atoms with Gasteiger partial charge in [-0.2, -0.15) is 0 Å². The molecule has 37 heavy (non-hydrogen) atoms. The fraction of sp³-hybridized carbons (Fsp3) is 0.440. The van der Waals surface area contributed by atoms with Gasteiger partial charge in [-0.1, -0.05) is 24.2 Å². The highest BCUT2D eigenvalue weighted by atomic mass is 32.2. The summed E-state index contributed by atoms with van der Waals surface area (Å²) < 4.78 is 27.0. The number of halogens is 2. The first-order valence-electron chi connectivity index (χ1n) is 11.9. The molecule has 0 aliphatic heterocycles. The van der Waals surface area contributed by atoms with Gasteiger partial charge < -0.3 is 20.1 Å². The lowest BCUT2D eigenvalue weighted by Crippen LogP contribution is -2.60. The highest BCUT2D eigenvalue weighted by molar-refractivity contribution is 8.26. The Bertz CT molecular complexity index is 1250. The van der Waals surface area contributed by atoms with Crippen molar-refractivity contribution in [2.75, 3.05) is 13.6 Å². The van der Waals surface area contributed by atoms with Crippen LogP contribution in [0.4, 0.5) is 8.78 Å². The first kappa shape index (κ1) is 28.5. The molecule has 2 unspecified atom stereocenters. The molecule has 1 heterocycles. The Morgan fingerprint density at radius 1 is 1.32 bits per heavy atom. The van der Waals surface area contributed by atoms with E-state index in [1.54, 1.807) is 14.0 Å². The fourth-order valence-electron chi connectivity index (χ4n) is 4.68. The number of pyridine rings is 1. The first-order chi connectivity index (χ1) is 17.5. The Kier molecular flexibility index (Phi) is 9.21. The van der Waals surface area contributed by atoms with Crippen LogP contribution in [0.15, 0.2) is 29.2 Å². The number of aliphatic hydroxyl groups is 1. The highest BCUT2D eigenvalue weighted by Crippen LogP contribution is 2.32. The summed E-state index contributed by atoms with van der Waals surface area (Å²) in [6.07, 6.45) is 3.39. The Morgan fingerprint density at radius 2 is 2.05 bits per heavy atom. The van der Waals surface area contributed by atoms with E-state index in [9.17, 15) is 28.6 Å². The van der Waals surface area contributed by atoms with Crippen molar-refractivity contribution in [1.82, 2.24) is 15.2 Å². The van der Waals surface area contributed by atoms with E-state index in [4.69, 9.17) is 10.8 Å². The van der Waals surface area contributed by atoms with E-state index in [-0.39, 0.29) is 39.9 Å². The van der Waals surface area contributed by atoms with E-state index in [0.717, 1.165) is 25.1 Å². The standard InChI is InChI=1S/C25H31F2N5O4S/c1-3-32(25(30-2)9-5-4-6-16(33)12-25)24(36)20-22(35)21(34)17(13-31-20)23(29)37-19(28)10-14-7-8-15(26)11-18(14)27/h7-8,11,13,16,28-30,33,35H,3-6,9-10,12H2,1-2H3,(H,31,34). The molecule has 9 nitrogen and oxygen atoms in total. The van der Waals surface area contributed by atoms with E-state index >= 15 is 0 Å². The molecular weight excluding hydrogens is 504 g/mol. The molecule has 2 atom stereocenters. The SMILES string of the molecule is CCN(C(=O)c1[nH]cc(C(=N)SC(=N)Cc2ccc(F)cc2F)c(=O)c1O)C1(NC)CCCCC(O)C1. The summed E-state index contributed by atoms with van der Waals surface area (Å²) in [6, 6.07) is 2.96. The Labute approximate surface area is 217 Å². The molecule has 0 saturated heterocycles. The normalized spacial score (nSPS) is 19.8. The topological polar surface area (TPSA) is 153 Å². The predicted molar refractivity (Wildman–Crippen MR) is 139 cm³/mol. The number of hydrogen-bond donors (Lipinski definition) is 6.